The SMILES string of the molecule is COc1ccccc1NC(=O)C1=C(C)Nc2nnnn2[C@@H]1c1ccccc1OCc1ccccc1. The molecule has 5 rings (SSSR count). The van der Waals surface area contributed by atoms with E-state index in [0.717, 1.165) is 11.1 Å². The van der Waals surface area contributed by atoms with Crippen LogP contribution in [0.15, 0.2) is 90.1 Å². The molecule has 0 spiro atoms. The van der Waals surface area contributed by atoms with E-state index in [0.29, 0.717) is 41.0 Å². The molecule has 4 aromatic rings. The number of carbonyl (C=O) groups excluding carboxylic acids is 1. The minimum absolute atomic E-state index is 0.302. The fourth-order valence-corrected chi connectivity index (χ4v) is 4.10. The third-order valence-electron chi connectivity index (χ3n) is 5.76. The number of tetrazole rings is 1. The number of allylic oxidation sites excluding steroid dienone is 1. The highest BCUT2D eigenvalue weighted by atomic mass is 16.5. The quantitative estimate of drug-likeness (QED) is 0.419. The number of carbonyl (C=O) groups is 1. The second kappa shape index (κ2) is 9.68. The summed E-state index contributed by atoms with van der Waals surface area (Å²) in [6.07, 6.45) is 0. The summed E-state index contributed by atoms with van der Waals surface area (Å²) in [6.45, 7) is 2.21. The zero-order chi connectivity index (χ0) is 24.2. The topological polar surface area (TPSA) is 103 Å². The summed E-state index contributed by atoms with van der Waals surface area (Å²) < 4.78 is 13.2. The standard InChI is InChI=1S/C26H24N6O3/c1-17-23(25(33)28-20-13-7-9-15-22(20)34-2)24(32-26(27-17)29-30-31-32)19-12-6-8-14-21(19)35-16-18-10-4-3-5-11-18/h3-15,24H,16H2,1-2H3,(H,28,33)(H,27,29,31)/t24-/m1/s1. The number of methoxy groups -OCH3 is 1. The molecule has 1 aliphatic heterocycles. The Morgan fingerprint density at radius 2 is 1.71 bits per heavy atom. The Labute approximate surface area is 202 Å². The molecule has 0 saturated heterocycles. The minimum Gasteiger partial charge on any atom is -0.495 e. The van der Waals surface area contributed by atoms with Crippen molar-refractivity contribution in [2.45, 2.75) is 19.6 Å². The van der Waals surface area contributed by atoms with Crippen LogP contribution in [-0.2, 0) is 11.4 Å². The lowest BCUT2D eigenvalue weighted by molar-refractivity contribution is -0.113. The number of hydrogen-bond acceptors (Lipinski definition) is 7. The predicted octanol–water partition coefficient (Wildman–Crippen LogP) is 4.19. The van der Waals surface area contributed by atoms with Crippen molar-refractivity contribution < 1.29 is 14.3 Å². The summed E-state index contributed by atoms with van der Waals surface area (Å²) >= 11 is 0. The highest BCUT2D eigenvalue weighted by molar-refractivity contribution is 6.06. The lowest BCUT2D eigenvalue weighted by Gasteiger charge is -2.29. The monoisotopic (exact) mass is 468 g/mol. The predicted molar refractivity (Wildman–Crippen MR) is 131 cm³/mol. The molecule has 9 nitrogen and oxygen atoms in total. The number of anilines is 2. The van der Waals surface area contributed by atoms with Gasteiger partial charge in [-0.25, -0.2) is 0 Å². The van der Waals surface area contributed by atoms with Crippen LogP contribution in [0.4, 0.5) is 11.6 Å². The molecule has 35 heavy (non-hydrogen) atoms. The number of nitrogens with one attached hydrogen (secondary N) is 2. The number of amides is 1. The number of aromatic nitrogens is 4. The van der Waals surface area contributed by atoms with E-state index in [2.05, 4.69) is 26.2 Å². The number of hydrogen-bond donors (Lipinski definition) is 2. The largest absolute Gasteiger partial charge is 0.495 e. The average molecular weight is 469 g/mol. The van der Waals surface area contributed by atoms with E-state index in [9.17, 15) is 4.79 Å². The van der Waals surface area contributed by atoms with E-state index in [4.69, 9.17) is 9.47 Å². The smallest absolute Gasteiger partial charge is 0.255 e. The molecule has 9 heteroatoms. The van der Waals surface area contributed by atoms with Gasteiger partial charge in [-0.3, -0.25) is 4.79 Å². The summed E-state index contributed by atoms with van der Waals surface area (Å²) in [5.74, 6) is 1.34. The maximum absolute atomic E-state index is 13.7. The van der Waals surface area contributed by atoms with Gasteiger partial charge in [0.15, 0.2) is 0 Å². The van der Waals surface area contributed by atoms with Crippen LogP contribution in [-0.4, -0.2) is 33.2 Å². The summed E-state index contributed by atoms with van der Waals surface area (Å²) in [4.78, 5) is 13.7. The van der Waals surface area contributed by atoms with Crippen LogP contribution in [0.5, 0.6) is 11.5 Å². The highest BCUT2D eigenvalue weighted by Gasteiger charge is 2.36. The third kappa shape index (κ3) is 4.43. The van der Waals surface area contributed by atoms with Crippen LogP contribution in [0.25, 0.3) is 0 Å². The van der Waals surface area contributed by atoms with Crippen LogP contribution in [0, 0.1) is 0 Å². The molecule has 0 unspecified atom stereocenters. The molecule has 2 N–H and O–H groups in total. The fraction of sp³-hybridized carbons (Fsp3) is 0.154. The van der Waals surface area contributed by atoms with E-state index in [1.807, 2.05) is 73.7 Å². The first-order valence-corrected chi connectivity index (χ1v) is 11.1. The Bertz CT molecular complexity index is 1380. The van der Waals surface area contributed by atoms with Gasteiger partial charge in [-0.1, -0.05) is 65.8 Å². The Morgan fingerprint density at radius 3 is 2.51 bits per heavy atom. The first kappa shape index (κ1) is 22.1. The summed E-state index contributed by atoms with van der Waals surface area (Å²) in [5, 5.41) is 18.2. The van der Waals surface area contributed by atoms with E-state index >= 15 is 0 Å². The Balaban J connectivity index is 1.53. The molecule has 0 bridgehead atoms. The second-order valence-electron chi connectivity index (χ2n) is 7.98. The van der Waals surface area contributed by atoms with Crippen molar-refractivity contribution in [3.05, 3.63) is 101 Å². The molecule has 0 saturated carbocycles. The van der Waals surface area contributed by atoms with Gasteiger partial charge < -0.3 is 20.1 Å². The van der Waals surface area contributed by atoms with Crippen LogP contribution in [0.1, 0.15) is 24.1 Å². The van der Waals surface area contributed by atoms with Gasteiger partial charge in [-0.05, 0) is 41.1 Å². The van der Waals surface area contributed by atoms with Crippen LogP contribution in [0.2, 0.25) is 0 Å². The second-order valence-corrected chi connectivity index (χ2v) is 7.98. The molecule has 176 valence electrons. The fourth-order valence-electron chi connectivity index (χ4n) is 4.10. The molecule has 0 aliphatic carbocycles. The van der Waals surface area contributed by atoms with Crippen molar-refractivity contribution >= 4 is 17.5 Å². The molecular weight excluding hydrogens is 444 g/mol. The third-order valence-corrected chi connectivity index (χ3v) is 5.76. The molecule has 3 aromatic carbocycles. The summed E-state index contributed by atoms with van der Waals surface area (Å²) in [5.41, 5.74) is 3.48. The number of ether oxygens (including phenoxy) is 2. The Hall–Kier alpha value is -4.66. The number of para-hydroxylation sites is 3. The van der Waals surface area contributed by atoms with Gasteiger partial charge in [0, 0.05) is 11.3 Å². The van der Waals surface area contributed by atoms with Crippen molar-refractivity contribution in [2.75, 3.05) is 17.7 Å². The number of rotatable bonds is 7. The first-order chi connectivity index (χ1) is 17.2. The Kier molecular flexibility index (Phi) is 6.13. The molecule has 1 amide bonds. The number of benzene rings is 3. The van der Waals surface area contributed by atoms with Gasteiger partial charge >= 0.3 is 0 Å². The van der Waals surface area contributed by atoms with Crippen molar-refractivity contribution in [3.8, 4) is 11.5 Å². The molecule has 1 atom stereocenters. The zero-order valence-electron chi connectivity index (χ0n) is 19.3. The number of nitrogens with zero attached hydrogens (tertiary/aromatic N) is 4. The molecule has 0 fully saturated rings. The molecular formula is C26H24N6O3. The van der Waals surface area contributed by atoms with Gasteiger partial charge in [0.2, 0.25) is 5.95 Å². The summed E-state index contributed by atoms with van der Waals surface area (Å²) in [6, 6.07) is 24.2. The van der Waals surface area contributed by atoms with Crippen molar-refractivity contribution in [1.29, 1.82) is 0 Å². The molecule has 0 radical (unpaired) electrons. The van der Waals surface area contributed by atoms with Gasteiger partial charge in [0.25, 0.3) is 5.91 Å². The minimum atomic E-state index is -0.608. The van der Waals surface area contributed by atoms with Gasteiger partial charge in [-0.2, -0.15) is 4.68 Å². The lowest BCUT2D eigenvalue weighted by atomic mass is 9.94. The summed E-state index contributed by atoms with van der Waals surface area (Å²) in [7, 11) is 1.56. The van der Waals surface area contributed by atoms with Crippen LogP contribution < -0.4 is 20.1 Å². The van der Waals surface area contributed by atoms with Crippen LogP contribution >= 0.6 is 0 Å². The Morgan fingerprint density at radius 1 is 1.00 bits per heavy atom. The van der Waals surface area contributed by atoms with Crippen molar-refractivity contribution in [1.82, 2.24) is 20.2 Å². The highest BCUT2D eigenvalue weighted by Crippen LogP contribution is 2.39. The van der Waals surface area contributed by atoms with Gasteiger partial charge in [-0.15, -0.1) is 0 Å². The maximum atomic E-state index is 13.7. The zero-order valence-corrected chi connectivity index (χ0v) is 19.3. The molecule has 2 heterocycles. The maximum Gasteiger partial charge on any atom is 0.255 e. The normalized spacial score (nSPS) is 14.6. The first-order valence-electron chi connectivity index (χ1n) is 11.1. The van der Waals surface area contributed by atoms with Crippen molar-refractivity contribution in [2.24, 2.45) is 0 Å². The van der Waals surface area contributed by atoms with Gasteiger partial charge in [0.05, 0.1) is 18.4 Å². The number of fused-ring (bicyclic) bond motifs is 1. The van der Waals surface area contributed by atoms with Crippen molar-refractivity contribution in [3.63, 3.8) is 0 Å². The van der Waals surface area contributed by atoms with E-state index in [-0.39, 0.29) is 5.91 Å². The van der Waals surface area contributed by atoms with E-state index < -0.39 is 6.04 Å². The van der Waals surface area contributed by atoms with E-state index in [1.54, 1.807) is 23.9 Å². The molecule has 1 aromatic heterocycles. The van der Waals surface area contributed by atoms with E-state index in [1.165, 1.54) is 0 Å². The van der Waals surface area contributed by atoms with Crippen LogP contribution in [0.3, 0.4) is 0 Å². The molecule has 1 aliphatic rings. The lowest BCUT2D eigenvalue weighted by Crippen LogP contribution is -2.32. The van der Waals surface area contributed by atoms with Gasteiger partial charge in [0.1, 0.15) is 24.1 Å². The average Bonchev–Trinajstić information content (AvgIpc) is 3.36.